The third-order valence-electron chi connectivity index (χ3n) is 3.79. The van der Waals surface area contributed by atoms with Gasteiger partial charge >= 0.3 is 0 Å². The van der Waals surface area contributed by atoms with E-state index in [-0.39, 0.29) is 16.1 Å². The quantitative estimate of drug-likeness (QED) is 0.623. The van der Waals surface area contributed by atoms with E-state index < -0.39 is 4.92 Å². The highest BCUT2D eigenvalue weighted by Gasteiger charge is 2.27. The topological polar surface area (TPSA) is 63.5 Å². The second kappa shape index (κ2) is 6.35. The summed E-state index contributed by atoms with van der Waals surface area (Å²) in [5.41, 5.74) is 0.302. The van der Waals surface area contributed by atoms with Crippen LogP contribution in [0.3, 0.4) is 0 Å². The van der Waals surface area contributed by atoms with Crippen LogP contribution in [0.1, 0.15) is 36.5 Å². The van der Waals surface area contributed by atoms with E-state index in [0.29, 0.717) is 11.5 Å². The molecule has 1 amide bonds. The predicted molar refractivity (Wildman–Crippen MR) is 79.7 cm³/mol. The van der Waals surface area contributed by atoms with Crippen LogP contribution >= 0.6 is 15.9 Å². The molecular formula is C14H17BrN2O3. The maximum absolute atomic E-state index is 12.5. The Morgan fingerprint density at radius 2 is 2.30 bits per heavy atom. The van der Waals surface area contributed by atoms with E-state index in [2.05, 4.69) is 22.9 Å². The van der Waals surface area contributed by atoms with Crippen LogP contribution in [0.25, 0.3) is 0 Å². The van der Waals surface area contributed by atoms with Crippen molar-refractivity contribution in [3.8, 4) is 0 Å². The fourth-order valence-electron chi connectivity index (χ4n) is 2.58. The molecule has 6 heteroatoms. The molecule has 1 aliphatic heterocycles. The molecule has 0 saturated carbocycles. The number of rotatable bonds is 3. The average Bonchev–Trinajstić information content (AvgIpc) is 2.46. The first-order valence-corrected chi connectivity index (χ1v) is 7.56. The highest BCUT2D eigenvalue weighted by molar-refractivity contribution is 9.10. The number of carbonyl (C=O) groups is 1. The molecule has 0 N–H and O–H groups in total. The van der Waals surface area contributed by atoms with Crippen molar-refractivity contribution in [2.24, 2.45) is 5.92 Å². The van der Waals surface area contributed by atoms with E-state index in [1.54, 1.807) is 12.1 Å². The number of carbonyl (C=O) groups excluding carboxylic acids is 1. The van der Waals surface area contributed by atoms with Crippen molar-refractivity contribution in [1.29, 1.82) is 0 Å². The van der Waals surface area contributed by atoms with Crippen LogP contribution in [-0.2, 0) is 0 Å². The Morgan fingerprint density at radius 3 is 2.95 bits per heavy atom. The lowest BCUT2D eigenvalue weighted by atomic mass is 9.95. The standard InChI is InChI=1S/C14H17BrN2O3/c1-2-10-5-4-8-16(9-10)14(18)11-6-3-7-12(13(11)15)17(19)20/h3,6-7,10H,2,4-5,8-9H2,1H3. The summed E-state index contributed by atoms with van der Waals surface area (Å²) in [7, 11) is 0. The van der Waals surface area contributed by atoms with Crippen LogP contribution in [0.5, 0.6) is 0 Å². The molecule has 1 atom stereocenters. The molecule has 1 saturated heterocycles. The Morgan fingerprint density at radius 1 is 1.55 bits per heavy atom. The zero-order valence-electron chi connectivity index (χ0n) is 11.3. The molecule has 0 spiro atoms. The predicted octanol–water partition coefficient (Wildman–Crippen LogP) is 3.62. The second-order valence-corrected chi connectivity index (χ2v) is 5.86. The number of amides is 1. The average molecular weight is 341 g/mol. The maximum atomic E-state index is 12.5. The first kappa shape index (κ1) is 15.0. The molecule has 0 radical (unpaired) electrons. The first-order valence-electron chi connectivity index (χ1n) is 6.76. The van der Waals surface area contributed by atoms with E-state index >= 15 is 0 Å². The van der Waals surface area contributed by atoms with Crippen LogP contribution in [0, 0.1) is 16.0 Å². The van der Waals surface area contributed by atoms with Crippen molar-refractivity contribution < 1.29 is 9.72 Å². The van der Waals surface area contributed by atoms with Gasteiger partial charge in [-0.05, 0) is 40.8 Å². The van der Waals surface area contributed by atoms with Gasteiger partial charge in [-0.1, -0.05) is 19.4 Å². The van der Waals surface area contributed by atoms with E-state index in [1.165, 1.54) is 6.07 Å². The number of benzene rings is 1. The van der Waals surface area contributed by atoms with Gasteiger partial charge in [0.2, 0.25) is 0 Å². The van der Waals surface area contributed by atoms with E-state index in [4.69, 9.17) is 0 Å². The number of hydrogen-bond acceptors (Lipinski definition) is 3. The molecule has 20 heavy (non-hydrogen) atoms. The molecule has 1 aromatic carbocycles. The summed E-state index contributed by atoms with van der Waals surface area (Å²) in [5, 5.41) is 10.9. The molecule has 1 aromatic rings. The molecule has 1 unspecified atom stereocenters. The molecule has 0 aliphatic carbocycles. The number of nitro groups is 1. The van der Waals surface area contributed by atoms with Crippen LogP contribution < -0.4 is 0 Å². The Labute approximate surface area is 126 Å². The van der Waals surface area contributed by atoms with Crippen LogP contribution in [-0.4, -0.2) is 28.8 Å². The lowest BCUT2D eigenvalue weighted by molar-refractivity contribution is -0.385. The number of likely N-dealkylation sites (tertiary alicyclic amines) is 1. The number of halogens is 1. The minimum Gasteiger partial charge on any atom is -0.338 e. The Bertz CT molecular complexity index is 533. The smallest absolute Gasteiger partial charge is 0.284 e. The fourth-order valence-corrected chi connectivity index (χ4v) is 3.16. The molecule has 108 valence electrons. The van der Waals surface area contributed by atoms with Crippen molar-refractivity contribution in [3.05, 3.63) is 38.3 Å². The summed E-state index contributed by atoms with van der Waals surface area (Å²) in [6, 6.07) is 4.58. The van der Waals surface area contributed by atoms with Crippen molar-refractivity contribution >= 4 is 27.5 Å². The van der Waals surface area contributed by atoms with Gasteiger partial charge < -0.3 is 4.90 Å². The maximum Gasteiger partial charge on any atom is 0.284 e. The second-order valence-electron chi connectivity index (χ2n) is 5.06. The van der Waals surface area contributed by atoms with Crippen LogP contribution in [0.2, 0.25) is 0 Å². The van der Waals surface area contributed by atoms with Gasteiger partial charge in [-0.25, -0.2) is 0 Å². The van der Waals surface area contributed by atoms with E-state index in [0.717, 1.165) is 32.4 Å². The molecular weight excluding hydrogens is 324 g/mol. The minimum atomic E-state index is -0.480. The monoisotopic (exact) mass is 340 g/mol. The van der Waals surface area contributed by atoms with Gasteiger partial charge in [-0.15, -0.1) is 0 Å². The normalized spacial score (nSPS) is 18.9. The molecule has 5 nitrogen and oxygen atoms in total. The first-order chi connectivity index (χ1) is 9.54. The molecule has 0 aromatic heterocycles. The van der Waals surface area contributed by atoms with E-state index in [9.17, 15) is 14.9 Å². The summed E-state index contributed by atoms with van der Waals surface area (Å²) in [6.45, 7) is 3.59. The molecule has 1 heterocycles. The Kier molecular flexibility index (Phi) is 4.75. The summed E-state index contributed by atoms with van der Waals surface area (Å²) in [4.78, 5) is 24.8. The van der Waals surface area contributed by atoms with Crippen molar-refractivity contribution in [3.63, 3.8) is 0 Å². The minimum absolute atomic E-state index is 0.0695. The highest BCUT2D eigenvalue weighted by Crippen LogP contribution is 2.30. The number of nitrogens with zero attached hydrogens (tertiary/aromatic N) is 2. The number of hydrogen-bond donors (Lipinski definition) is 0. The molecule has 1 fully saturated rings. The SMILES string of the molecule is CCC1CCCN(C(=O)c2cccc([N+](=O)[O-])c2Br)C1. The van der Waals surface area contributed by atoms with Crippen molar-refractivity contribution in [1.82, 2.24) is 4.90 Å². The Balaban J connectivity index is 2.25. The zero-order chi connectivity index (χ0) is 14.7. The van der Waals surface area contributed by atoms with E-state index in [1.807, 2.05) is 4.90 Å². The highest BCUT2D eigenvalue weighted by atomic mass is 79.9. The van der Waals surface area contributed by atoms with Crippen LogP contribution in [0.4, 0.5) is 5.69 Å². The summed E-state index contributed by atoms with van der Waals surface area (Å²) in [6.07, 6.45) is 3.20. The van der Waals surface area contributed by atoms with Gasteiger partial charge in [-0.3, -0.25) is 14.9 Å². The molecule has 2 rings (SSSR count). The largest absolute Gasteiger partial charge is 0.338 e. The van der Waals surface area contributed by atoms with Crippen molar-refractivity contribution in [2.45, 2.75) is 26.2 Å². The van der Waals surface area contributed by atoms with Gasteiger partial charge in [0.15, 0.2) is 0 Å². The lowest BCUT2D eigenvalue weighted by Crippen LogP contribution is -2.39. The summed E-state index contributed by atoms with van der Waals surface area (Å²) >= 11 is 3.19. The van der Waals surface area contributed by atoms with Crippen LogP contribution in [0.15, 0.2) is 22.7 Å². The third kappa shape index (κ3) is 3.00. The van der Waals surface area contributed by atoms with Gasteiger partial charge in [0.25, 0.3) is 11.6 Å². The lowest BCUT2D eigenvalue weighted by Gasteiger charge is -2.32. The summed E-state index contributed by atoms with van der Waals surface area (Å²) in [5.74, 6) is 0.406. The number of nitro benzene ring substituents is 1. The third-order valence-corrected chi connectivity index (χ3v) is 4.62. The Hall–Kier alpha value is -1.43. The fraction of sp³-hybridized carbons (Fsp3) is 0.500. The van der Waals surface area contributed by atoms with Gasteiger partial charge in [0.05, 0.1) is 10.5 Å². The van der Waals surface area contributed by atoms with Gasteiger partial charge in [0, 0.05) is 19.2 Å². The molecule has 1 aliphatic rings. The van der Waals surface area contributed by atoms with Crippen molar-refractivity contribution in [2.75, 3.05) is 13.1 Å². The summed E-state index contributed by atoms with van der Waals surface area (Å²) < 4.78 is 0.272. The molecule has 0 bridgehead atoms. The number of piperidine rings is 1. The van der Waals surface area contributed by atoms with Gasteiger partial charge in [-0.2, -0.15) is 0 Å². The van der Waals surface area contributed by atoms with Gasteiger partial charge in [0.1, 0.15) is 4.47 Å². The zero-order valence-corrected chi connectivity index (χ0v) is 12.9.